The number of carbonyl (C=O) groups is 2. The minimum atomic E-state index is -0.792. The van der Waals surface area contributed by atoms with Gasteiger partial charge in [0.15, 0.2) is 0 Å². The summed E-state index contributed by atoms with van der Waals surface area (Å²) in [5.74, 6) is -0.111. The second-order valence-electron chi connectivity index (χ2n) is 7.46. The lowest BCUT2D eigenvalue weighted by atomic mass is 9.71. The number of amides is 1. The van der Waals surface area contributed by atoms with Crippen LogP contribution in [0.1, 0.15) is 44.2 Å². The Hall–Kier alpha value is -2.41. The monoisotopic (exact) mass is 402 g/mol. The van der Waals surface area contributed by atoms with Crippen molar-refractivity contribution in [1.82, 2.24) is 10.3 Å². The van der Waals surface area contributed by atoms with Crippen LogP contribution in [-0.4, -0.2) is 35.6 Å². The van der Waals surface area contributed by atoms with Gasteiger partial charge in [0, 0.05) is 17.5 Å². The molecule has 2 N–H and O–H groups in total. The van der Waals surface area contributed by atoms with Crippen molar-refractivity contribution >= 4 is 23.2 Å². The Morgan fingerprint density at radius 2 is 1.93 bits per heavy atom. The standard InChI is InChI=1S/C21H26N2O4S/c1-27-17-7-5-15(6-8-17)20-23-16(13-28-20)11-18(24)22-14-21(12-19(25)26)9-3-2-4-10-21/h5-8,13H,2-4,9-12,14H2,1H3,(H,22,24)(H,25,26). The first-order valence-corrected chi connectivity index (χ1v) is 10.4. The molecular weight excluding hydrogens is 376 g/mol. The molecule has 0 spiro atoms. The Kier molecular flexibility index (Phi) is 6.67. The molecule has 1 amide bonds. The summed E-state index contributed by atoms with van der Waals surface area (Å²) < 4.78 is 5.17. The number of nitrogens with zero attached hydrogens (tertiary/aromatic N) is 1. The number of benzene rings is 1. The van der Waals surface area contributed by atoms with Crippen molar-refractivity contribution in [2.75, 3.05) is 13.7 Å². The highest BCUT2D eigenvalue weighted by molar-refractivity contribution is 7.13. The molecule has 6 nitrogen and oxygen atoms in total. The van der Waals surface area contributed by atoms with Gasteiger partial charge >= 0.3 is 5.97 Å². The van der Waals surface area contributed by atoms with Gasteiger partial charge in [-0.05, 0) is 42.5 Å². The first kappa shape index (κ1) is 20.3. The molecule has 0 saturated heterocycles. The van der Waals surface area contributed by atoms with Crippen LogP contribution in [-0.2, 0) is 16.0 Å². The van der Waals surface area contributed by atoms with Crippen molar-refractivity contribution in [1.29, 1.82) is 0 Å². The van der Waals surface area contributed by atoms with Crippen LogP contribution in [0.15, 0.2) is 29.6 Å². The molecule has 1 aliphatic carbocycles. The van der Waals surface area contributed by atoms with Gasteiger partial charge in [-0.25, -0.2) is 4.98 Å². The molecule has 1 saturated carbocycles. The van der Waals surface area contributed by atoms with Crippen molar-refractivity contribution in [3.05, 3.63) is 35.3 Å². The molecule has 0 bridgehead atoms. The third kappa shape index (κ3) is 5.32. The van der Waals surface area contributed by atoms with Crippen LogP contribution in [0.4, 0.5) is 0 Å². The zero-order valence-corrected chi connectivity index (χ0v) is 16.9. The predicted molar refractivity (Wildman–Crippen MR) is 109 cm³/mol. The minimum absolute atomic E-state index is 0.109. The summed E-state index contributed by atoms with van der Waals surface area (Å²) >= 11 is 1.50. The molecule has 1 heterocycles. The summed E-state index contributed by atoms with van der Waals surface area (Å²) in [6.45, 7) is 0.424. The molecule has 1 fully saturated rings. The molecule has 0 atom stereocenters. The molecule has 0 radical (unpaired) electrons. The lowest BCUT2D eigenvalue weighted by Crippen LogP contribution is -2.41. The first-order chi connectivity index (χ1) is 13.5. The van der Waals surface area contributed by atoms with Gasteiger partial charge in [0.25, 0.3) is 0 Å². The normalized spacial score (nSPS) is 15.8. The van der Waals surface area contributed by atoms with Crippen LogP contribution in [0.25, 0.3) is 10.6 Å². The van der Waals surface area contributed by atoms with Gasteiger partial charge in [-0.1, -0.05) is 19.3 Å². The number of nitrogens with one attached hydrogen (secondary N) is 1. The lowest BCUT2D eigenvalue weighted by Gasteiger charge is -2.36. The highest BCUT2D eigenvalue weighted by atomic mass is 32.1. The number of methoxy groups -OCH3 is 1. The minimum Gasteiger partial charge on any atom is -0.497 e. The van der Waals surface area contributed by atoms with Gasteiger partial charge in [-0.2, -0.15) is 0 Å². The van der Waals surface area contributed by atoms with E-state index in [-0.39, 0.29) is 24.2 Å². The van der Waals surface area contributed by atoms with Crippen molar-refractivity contribution in [3.8, 4) is 16.3 Å². The van der Waals surface area contributed by atoms with Crippen LogP contribution < -0.4 is 10.1 Å². The second-order valence-corrected chi connectivity index (χ2v) is 8.32. The number of thiazole rings is 1. The first-order valence-electron chi connectivity index (χ1n) is 9.57. The number of ether oxygens (including phenoxy) is 1. The molecular formula is C21H26N2O4S. The Balaban J connectivity index is 1.57. The van der Waals surface area contributed by atoms with Crippen LogP contribution in [0.5, 0.6) is 5.75 Å². The number of aliphatic carboxylic acids is 1. The molecule has 2 aromatic rings. The van der Waals surface area contributed by atoms with E-state index in [1.54, 1.807) is 7.11 Å². The fourth-order valence-corrected chi connectivity index (χ4v) is 4.63. The van der Waals surface area contributed by atoms with Crippen molar-refractivity contribution in [2.24, 2.45) is 5.41 Å². The maximum absolute atomic E-state index is 12.4. The third-order valence-electron chi connectivity index (χ3n) is 5.33. The van der Waals surface area contributed by atoms with E-state index in [1.165, 1.54) is 11.3 Å². The van der Waals surface area contributed by atoms with E-state index in [4.69, 9.17) is 4.74 Å². The van der Waals surface area contributed by atoms with E-state index >= 15 is 0 Å². The summed E-state index contributed by atoms with van der Waals surface area (Å²) in [4.78, 5) is 28.2. The zero-order chi connectivity index (χ0) is 20.0. The summed E-state index contributed by atoms with van der Waals surface area (Å²) in [6.07, 6.45) is 5.24. The molecule has 7 heteroatoms. The summed E-state index contributed by atoms with van der Waals surface area (Å²) in [5, 5.41) is 15.0. The average molecular weight is 403 g/mol. The van der Waals surface area contributed by atoms with E-state index in [2.05, 4.69) is 10.3 Å². The van der Waals surface area contributed by atoms with E-state index < -0.39 is 5.97 Å². The van der Waals surface area contributed by atoms with Crippen LogP contribution in [0, 0.1) is 5.41 Å². The van der Waals surface area contributed by atoms with E-state index in [0.29, 0.717) is 6.54 Å². The predicted octanol–water partition coefficient (Wildman–Crippen LogP) is 3.90. The van der Waals surface area contributed by atoms with Gasteiger partial charge in [-0.3, -0.25) is 9.59 Å². The quantitative estimate of drug-likeness (QED) is 0.699. The molecule has 3 rings (SSSR count). The molecule has 1 aromatic carbocycles. The largest absolute Gasteiger partial charge is 0.497 e. The van der Waals surface area contributed by atoms with Gasteiger partial charge in [0.05, 0.1) is 25.6 Å². The lowest BCUT2D eigenvalue weighted by molar-refractivity contribution is -0.140. The van der Waals surface area contributed by atoms with E-state index in [1.807, 2.05) is 29.6 Å². The summed E-state index contributed by atoms with van der Waals surface area (Å²) in [6, 6.07) is 7.66. The van der Waals surface area contributed by atoms with Crippen LogP contribution in [0.2, 0.25) is 0 Å². The molecule has 0 unspecified atom stereocenters. The molecule has 1 aromatic heterocycles. The number of carboxylic acids is 1. The van der Waals surface area contributed by atoms with Crippen LogP contribution in [0.3, 0.4) is 0 Å². The molecule has 1 aliphatic rings. The maximum atomic E-state index is 12.4. The number of carboxylic acid groups (broad SMARTS) is 1. The van der Waals surface area contributed by atoms with E-state index in [0.717, 1.165) is 54.1 Å². The fourth-order valence-electron chi connectivity index (χ4n) is 3.81. The molecule has 28 heavy (non-hydrogen) atoms. The molecule has 150 valence electrons. The van der Waals surface area contributed by atoms with Gasteiger partial charge < -0.3 is 15.2 Å². The summed E-state index contributed by atoms with van der Waals surface area (Å²) in [5.41, 5.74) is 1.40. The maximum Gasteiger partial charge on any atom is 0.303 e. The highest BCUT2D eigenvalue weighted by Gasteiger charge is 2.34. The van der Waals surface area contributed by atoms with Crippen molar-refractivity contribution in [2.45, 2.75) is 44.9 Å². The van der Waals surface area contributed by atoms with Crippen LogP contribution >= 0.6 is 11.3 Å². The third-order valence-corrected chi connectivity index (χ3v) is 6.27. The number of rotatable bonds is 8. The number of hydrogen-bond acceptors (Lipinski definition) is 5. The molecule has 0 aliphatic heterocycles. The summed E-state index contributed by atoms with van der Waals surface area (Å²) in [7, 11) is 1.63. The van der Waals surface area contributed by atoms with Crippen molar-refractivity contribution < 1.29 is 19.4 Å². The SMILES string of the molecule is COc1ccc(-c2nc(CC(=O)NCC3(CC(=O)O)CCCCC3)cs2)cc1. The smallest absolute Gasteiger partial charge is 0.303 e. The topological polar surface area (TPSA) is 88.5 Å². The van der Waals surface area contributed by atoms with Gasteiger partial charge in [-0.15, -0.1) is 11.3 Å². The Labute approximate surface area is 169 Å². The number of carbonyl (C=O) groups excluding carboxylic acids is 1. The highest BCUT2D eigenvalue weighted by Crippen LogP contribution is 2.38. The second kappa shape index (κ2) is 9.19. The zero-order valence-electron chi connectivity index (χ0n) is 16.1. The number of hydrogen-bond donors (Lipinski definition) is 2. The van der Waals surface area contributed by atoms with Gasteiger partial charge in [0.2, 0.25) is 5.91 Å². The fraction of sp³-hybridized carbons (Fsp3) is 0.476. The Morgan fingerprint density at radius 1 is 1.21 bits per heavy atom. The van der Waals surface area contributed by atoms with E-state index in [9.17, 15) is 14.7 Å². The Bertz CT molecular complexity index is 810. The van der Waals surface area contributed by atoms with Gasteiger partial charge in [0.1, 0.15) is 10.8 Å². The van der Waals surface area contributed by atoms with Crippen molar-refractivity contribution in [3.63, 3.8) is 0 Å². The average Bonchev–Trinajstić information content (AvgIpc) is 3.15. The Morgan fingerprint density at radius 3 is 2.57 bits per heavy atom. The number of aromatic nitrogens is 1.